The number of carbonyl (C=O) groups excluding carboxylic acids is 1. The summed E-state index contributed by atoms with van der Waals surface area (Å²) in [4.78, 5) is 32.1. The summed E-state index contributed by atoms with van der Waals surface area (Å²) in [5.74, 6) is 1.57. The summed E-state index contributed by atoms with van der Waals surface area (Å²) >= 11 is 1.27. The molecule has 0 saturated heterocycles. The molecule has 0 N–H and O–H groups in total. The summed E-state index contributed by atoms with van der Waals surface area (Å²) in [7, 11) is 1.59. The smallest absolute Gasteiger partial charge is 0.338 e. The predicted octanol–water partition coefficient (Wildman–Crippen LogP) is 4.26. The Hall–Kier alpha value is -4.63. The first-order chi connectivity index (χ1) is 20.0. The Balaban J connectivity index is 1.50. The molecule has 0 aliphatic carbocycles. The zero-order chi connectivity index (χ0) is 28.8. The van der Waals surface area contributed by atoms with Crippen LogP contribution in [0.25, 0.3) is 6.08 Å². The van der Waals surface area contributed by atoms with Gasteiger partial charge in [0.2, 0.25) is 0 Å². The lowest BCUT2D eigenvalue weighted by Crippen LogP contribution is -2.39. The zero-order valence-corrected chi connectivity index (χ0v) is 23.9. The van der Waals surface area contributed by atoms with Gasteiger partial charge in [0.05, 0.1) is 35.6 Å². The van der Waals surface area contributed by atoms with E-state index in [0.29, 0.717) is 45.3 Å². The minimum atomic E-state index is -0.694. The monoisotopic (exact) mass is 570 g/mol. The van der Waals surface area contributed by atoms with Crippen molar-refractivity contribution >= 4 is 23.4 Å². The van der Waals surface area contributed by atoms with E-state index in [2.05, 4.69) is 4.99 Å². The largest absolute Gasteiger partial charge is 0.497 e. The lowest BCUT2D eigenvalue weighted by molar-refractivity contribution is -0.139. The third-order valence-electron chi connectivity index (χ3n) is 6.51. The van der Waals surface area contributed by atoms with Crippen LogP contribution in [0.4, 0.5) is 0 Å². The van der Waals surface area contributed by atoms with Crippen molar-refractivity contribution in [3.8, 4) is 17.2 Å². The maximum Gasteiger partial charge on any atom is 0.338 e. The standard InChI is InChI=1S/C32H30N2O6S/c1-4-38-31(36)28-21(2)33-32-34(29(28)22-14-16-24(37-3)17-15-22)30(35)27(41-32)20-23-10-8-9-13-26(23)40-19-18-39-25-11-6-5-7-12-25/h5-17,20,29H,4,18-19H2,1-3H3. The molecule has 1 aliphatic heterocycles. The van der Waals surface area contributed by atoms with Crippen LogP contribution in [0.2, 0.25) is 0 Å². The fraction of sp³-hybridized carbons (Fsp3) is 0.219. The van der Waals surface area contributed by atoms with Gasteiger partial charge in [0.15, 0.2) is 4.80 Å². The molecule has 210 valence electrons. The van der Waals surface area contributed by atoms with Crippen molar-refractivity contribution in [3.05, 3.63) is 121 Å². The number of esters is 1. The molecule has 1 atom stereocenters. The number of carbonyl (C=O) groups is 1. The van der Waals surface area contributed by atoms with Crippen LogP contribution in [-0.4, -0.2) is 37.5 Å². The number of nitrogens with zero attached hydrogens (tertiary/aromatic N) is 2. The fourth-order valence-corrected chi connectivity index (χ4v) is 5.63. The molecule has 41 heavy (non-hydrogen) atoms. The second-order valence-electron chi connectivity index (χ2n) is 9.12. The number of hydrogen-bond acceptors (Lipinski definition) is 8. The van der Waals surface area contributed by atoms with Crippen LogP contribution < -0.4 is 29.1 Å². The Morgan fingerprint density at radius 3 is 2.39 bits per heavy atom. The van der Waals surface area contributed by atoms with E-state index in [4.69, 9.17) is 18.9 Å². The van der Waals surface area contributed by atoms with Crippen LogP contribution in [0.5, 0.6) is 17.2 Å². The minimum absolute atomic E-state index is 0.211. The number of rotatable bonds is 10. The number of thiazole rings is 1. The molecule has 0 radical (unpaired) electrons. The van der Waals surface area contributed by atoms with E-state index in [-0.39, 0.29) is 12.2 Å². The van der Waals surface area contributed by atoms with E-state index in [1.54, 1.807) is 43.7 Å². The van der Waals surface area contributed by atoms with Crippen molar-refractivity contribution in [3.63, 3.8) is 0 Å². The summed E-state index contributed by atoms with van der Waals surface area (Å²) in [6, 6.07) is 23.7. The van der Waals surface area contributed by atoms with Gasteiger partial charge in [0, 0.05) is 5.56 Å². The van der Waals surface area contributed by atoms with Crippen LogP contribution in [0.1, 0.15) is 31.0 Å². The molecule has 0 spiro atoms. The summed E-state index contributed by atoms with van der Waals surface area (Å²) in [6.07, 6.45) is 1.80. The van der Waals surface area contributed by atoms with Crippen molar-refractivity contribution in [2.45, 2.75) is 19.9 Å². The molecule has 1 aliphatic rings. The highest BCUT2D eigenvalue weighted by Gasteiger charge is 2.33. The quantitative estimate of drug-likeness (QED) is 0.209. The summed E-state index contributed by atoms with van der Waals surface area (Å²) in [5.41, 5.74) is 2.08. The van der Waals surface area contributed by atoms with Crippen LogP contribution in [0, 0.1) is 0 Å². The molecule has 0 saturated carbocycles. The van der Waals surface area contributed by atoms with Crippen molar-refractivity contribution in [1.82, 2.24) is 4.57 Å². The second kappa shape index (κ2) is 12.7. The van der Waals surface area contributed by atoms with Crippen LogP contribution in [0.3, 0.4) is 0 Å². The summed E-state index contributed by atoms with van der Waals surface area (Å²) in [6.45, 7) is 4.43. The molecule has 4 aromatic rings. The van der Waals surface area contributed by atoms with Crippen molar-refractivity contribution < 1.29 is 23.7 Å². The molecule has 0 amide bonds. The third-order valence-corrected chi connectivity index (χ3v) is 7.49. The Labute approximate surface area is 241 Å². The van der Waals surface area contributed by atoms with E-state index >= 15 is 0 Å². The van der Waals surface area contributed by atoms with Crippen LogP contribution in [0.15, 0.2) is 99.9 Å². The number of para-hydroxylation sites is 2. The molecule has 5 rings (SSSR count). The first-order valence-electron chi connectivity index (χ1n) is 13.2. The Morgan fingerprint density at radius 2 is 1.66 bits per heavy atom. The minimum Gasteiger partial charge on any atom is -0.497 e. The molecule has 2 heterocycles. The molecule has 0 fully saturated rings. The van der Waals surface area contributed by atoms with Gasteiger partial charge in [-0.3, -0.25) is 9.36 Å². The van der Waals surface area contributed by atoms with Gasteiger partial charge in [0.25, 0.3) is 5.56 Å². The highest BCUT2D eigenvalue weighted by atomic mass is 32.1. The second-order valence-corrected chi connectivity index (χ2v) is 10.1. The van der Waals surface area contributed by atoms with Gasteiger partial charge >= 0.3 is 5.97 Å². The predicted molar refractivity (Wildman–Crippen MR) is 157 cm³/mol. The SMILES string of the molecule is CCOC(=O)C1=C(C)N=c2sc(=Cc3ccccc3OCCOc3ccccc3)c(=O)n2C1c1ccc(OC)cc1. The van der Waals surface area contributed by atoms with Crippen LogP contribution in [-0.2, 0) is 9.53 Å². The van der Waals surface area contributed by atoms with Gasteiger partial charge in [-0.25, -0.2) is 9.79 Å². The fourth-order valence-electron chi connectivity index (χ4n) is 4.59. The molecular formula is C32H30N2O6S. The molecule has 8 nitrogen and oxygen atoms in total. The van der Waals surface area contributed by atoms with Gasteiger partial charge in [-0.1, -0.05) is 59.9 Å². The van der Waals surface area contributed by atoms with Crippen molar-refractivity contribution in [2.24, 2.45) is 4.99 Å². The van der Waals surface area contributed by atoms with E-state index in [9.17, 15) is 9.59 Å². The van der Waals surface area contributed by atoms with Gasteiger partial charge in [-0.15, -0.1) is 0 Å². The maximum atomic E-state index is 13.9. The van der Waals surface area contributed by atoms with Crippen molar-refractivity contribution in [1.29, 1.82) is 0 Å². The average molecular weight is 571 g/mol. The Bertz CT molecular complexity index is 1740. The summed E-state index contributed by atoms with van der Waals surface area (Å²) in [5, 5.41) is 0. The van der Waals surface area contributed by atoms with Gasteiger partial charge < -0.3 is 18.9 Å². The number of benzene rings is 3. The number of aromatic nitrogens is 1. The first kappa shape index (κ1) is 27.9. The zero-order valence-electron chi connectivity index (χ0n) is 23.0. The summed E-state index contributed by atoms with van der Waals surface area (Å²) < 4.78 is 24.5. The normalized spacial score (nSPS) is 14.7. The van der Waals surface area contributed by atoms with E-state index in [1.165, 1.54) is 11.3 Å². The number of hydrogen-bond donors (Lipinski definition) is 0. The Morgan fingerprint density at radius 1 is 0.951 bits per heavy atom. The van der Waals surface area contributed by atoms with Gasteiger partial charge in [-0.2, -0.15) is 0 Å². The highest BCUT2D eigenvalue weighted by molar-refractivity contribution is 7.07. The lowest BCUT2D eigenvalue weighted by Gasteiger charge is -2.24. The molecule has 0 bridgehead atoms. The van der Waals surface area contributed by atoms with E-state index < -0.39 is 12.0 Å². The Kier molecular flexibility index (Phi) is 8.64. The van der Waals surface area contributed by atoms with Crippen molar-refractivity contribution in [2.75, 3.05) is 26.9 Å². The first-order valence-corrected chi connectivity index (χ1v) is 14.0. The molecule has 1 unspecified atom stereocenters. The van der Waals surface area contributed by atoms with Gasteiger partial charge in [-0.05, 0) is 55.8 Å². The number of fused-ring (bicyclic) bond motifs is 1. The highest BCUT2D eigenvalue weighted by Crippen LogP contribution is 2.31. The lowest BCUT2D eigenvalue weighted by atomic mass is 9.96. The average Bonchev–Trinajstić information content (AvgIpc) is 3.30. The van der Waals surface area contributed by atoms with Crippen LogP contribution >= 0.6 is 11.3 Å². The van der Waals surface area contributed by atoms with Gasteiger partial charge in [0.1, 0.15) is 30.5 Å². The third kappa shape index (κ3) is 6.10. The van der Waals surface area contributed by atoms with E-state index in [1.807, 2.05) is 66.7 Å². The molecule has 3 aromatic carbocycles. The molecule has 9 heteroatoms. The topological polar surface area (TPSA) is 88.4 Å². The number of methoxy groups -OCH3 is 1. The van der Waals surface area contributed by atoms with E-state index in [0.717, 1.165) is 16.9 Å². The molecular weight excluding hydrogens is 540 g/mol. The number of allylic oxidation sites excluding steroid dienone is 1. The maximum absolute atomic E-state index is 13.9. The molecule has 1 aromatic heterocycles. The number of ether oxygens (including phenoxy) is 4.